The number of hydrogen-bond acceptors (Lipinski definition) is 1. The normalized spacial score (nSPS) is 10.0. The average molecular weight is 180 g/mol. The topological polar surface area (TPSA) is 91.5 Å². The Balaban J connectivity index is 0. The van der Waals surface area contributed by atoms with Gasteiger partial charge in [-0.3, -0.25) is 5.41 Å². The third kappa shape index (κ3) is 5.46. The second-order valence-electron chi connectivity index (χ2n) is 1.75. The van der Waals surface area contributed by atoms with E-state index in [4.69, 9.17) is 16.9 Å². The van der Waals surface area contributed by atoms with Gasteiger partial charge in [0.2, 0.25) is 5.96 Å². The minimum Gasteiger partial charge on any atom is -0.369 e. The third-order valence-corrected chi connectivity index (χ3v) is 0.693. The Kier molecular flexibility index (Phi) is 6.19. The maximum Gasteiger partial charge on any atom is 0.215 e. The Morgan fingerprint density at radius 1 is 1.40 bits per heavy atom. The Morgan fingerprint density at radius 3 is 1.90 bits per heavy atom. The Hall–Kier alpha value is -0.676. The van der Waals surface area contributed by atoms with Crippen LogP contribution < -0.4 is 11.5 Å². The van der Waals surface area contributed by atoms with Crippen LogP contribution >= 0.6 is 0 Å². The van der Waals surface area contributed by atoms with Gasteiger partial charge in [-0.25, -0.2) is 0 Å². The molecule has 6 heteroatoms. The minimum absolute atomic E-state index is 0. The van der Waals surface area contributed by atoms with E-state index in [1.807, 2.05) is 0 Å². The molecular formula is C4H11N5V. The van der Waals surface area contributed by atoms with Gasteiger partial charge in [0.25, 0.3) is 0 Å². The fourth-order valence-electron chi connectivity index (χ4n) is 0.223. The van der Waals surface area contributed by atoms with Gasteiger partial charge in [-0.2, -0.15) is 4.99 Å². The van der Waals surface area contributed by atoms with Crippen molar-refractivity contribution in [3.63, 3.8) is 0 Å². The van der Waals surface area contributed by atoms with Crippen LogP contribution in [0.5, 0.6) is 0 Å². The quantitative estimate of drug-likeness (QED) is 0.321. The van der Waals surface area contributed by atoms with Gasteiger partial charge in [0.05, 0.1) is 0 Å². The number of hydrogen-bond donors (Lipinski definition) is 3. The molecule has 0 aromatic carbocycles. The van der Waals surface area contributed by atoms with Gasteiger partial charge < -0.3 is 16.4 Å². The van der Waals surface area contributed by atoms with E-state index in [0.29, 0.717) is 0 Å². The van der Waals surface area contributed by atoms with E-state index in [9.17, 15) is 0 Å². The molecule has 0 aromatic rings. The standard InChI is InChI=1S/C4H11N5.V/c1-9(2)4(7)8-3(5)6;/h1-2H3,(H5,5,6,7,8);. The number of guanidine groups is 2. The smallest absolute Gasteiger partial charge is 0.215 e. The molecule has 0 unspecified atom stereocenters. The summed E-state index contributed by atoms with van der Waals surface area (Å²) < 4.78 is 0. The van der Waals surface area contributed by atoms with E-state index >= 15 is 0 Å². The summed E-state index contributed by atoms with van der Waals surface area (Å²) in [6, 6.07) is 0. The molecule has 0 heterocycles. The molecule has 10 heavy (non-hydrogen) atoms. The van der Waals surface area contributed by atoms with E-state index in [1.165, 1.54) is 0 Å². The molecular weight excluding hydrogens is 169 g/mol. The van der Waals surface area contributed by atoms with Gasteiger partial charge in [-0.15, -0.1) is 0 Å². The summed E-state index contributed by atoms with van der Waals surface area (Å²) in [6.45, 7) is 0. The summed E-state index contributed by atoms with van der Waals surface area (Å²) in [4.78, 5) is 5.03. The molecule has 0 spiro atoms. The Labute approximate surface area is 71.9 Å². The summed E-state index contributed by atoms with van der Waals surface area (Å²) in [5, 5.41) is 6.70. The zero-order valence-corrected chi connectivity index (χ0v) is 7.39. The van der Waals surface area contributed by atoms with Crippen molar-refractivity contribution < 1.29 is 18.6 Å². The van der Waals surface area contributed by atoms with Crippen molar-refractivity contribution in [2.24, 2.45) is 16.5 Å². The minimum atomic E-state index is -0.277. The van der Waals surface area contributed by atoms with Crippen molar-refractivity contribution in [1.29, 1.82) is 5.41 Å². The van der Waals surface area contributed by atoms with Crippen LogP contribution in [0.4, 0.5) is 0 Å². The third-order valence-electron chi connectivity index (χ3n) is 0.693. The molecule has 0 atom stereocenters. The zero-order chi connectivity index (χ0) is 7.44. The van der Waals surface area contributed by atoms with Gasteiger partial charge in [0, 0.05) is 32.7 Å². The molecule has 0 rings (SSSR count). The van der Waals surface area contributed by atoms with Crippen LogP contribution in [-0.4, -0.2) is 30.9 Å². The first kappa shape index (κ1) is 12.0. The summed E-state index contributed by atoms with van der Waals surface area (Å²) in [6.07, 6.45) is 0. The summed E-state index contributed by atoms with van der Waals surface area (Å²) in [5.41, 5.74) is 10.2. The largest absolute Gasteiger partial charge is 0.369 e. The van der Waals surface area contributed by atoms with Gasteiger partial charge >= 0.3 is 0 Å². The predicted octanol–water partition coefficient (Wildman–Crippen LogP) is -1.25. The molecule has 0 aliphatic carbocycles. The van der Waals surface area contributed by atoms with Crippen molar-refractivity contribution in [2.45, 2.75) is 0 Å². The number of nitrogens with zero attached hydrogens (tertiary/aromatic N) is 2. The second-order valence-corrected chi connectivity index (χ2v) is 1.75. The Morgan fingerprint density at radius 2 is 1.80 bits per heavy atom. The average Bonchev–Trinajstić information content (AvgIpc) is 1.63. The van der Waals surface area contributed by atoms with Crippen molar-refractivity contribution in [3.05, 3.63) is 0 Å². The van der Waals surface area contributed by atoms with Crippen LogP contribution in [0.25, 0.3) is 0 Å². The van der Waals surface area contributed by atoms with Crippen LogP contribution in [0.1, 0.15) is 0 Å². The molecule has 0 amide bonds. The number of rotatable bonds is 0. The van der Waals surface area contributed by atoms with E-state index in [1.54, 1.807) is 19.0 Å². The summed E-state index contributed by atoms with van der Waals surface area (Å²) in [7, 11) is 3.45. The molecule has 0 aliphatic rings. The maximum atomic E-state index is 6.70. The monoisotopic (exact) mass is 180 g/mol. The summed E-state index contributed by atoms with van der Waals surface area (Å²) >= 11 is 0. The van der Waals surface area contributed by atoms with E-state index < -0.39 is 0 Å². The molecule has 0 aliphatic heterocycles. The second kappa shape index (κ2) is 5.14. The first-order chi connectivity index (χ1) is 4.04. The fraction of sp³-hybridized carbons (Fsp3) is 0.500. The van der Waals surface area contributed by atoms with E-state index in [2.05, 4.69) is 4.99 Å². The van der Waals surface area contributed by atoms with Crippen LogP contribution in [0.3, 0.4) is 0 Å². The molecule has 1 radical (unpaired) electrons. The molecule has 57 valence electrons. The molecule has 0 fully saturated rings. The molecule has 5 nitrogen and oxygen atoms in total. The van der Waals surface area contributed by atoms with Gasteiger partial charge in [0.1, 0.15) is 0 Å². The van der Waals surface area contributed by atoms with Gasteiger partial charge in [0.15, 0.2) is 5.96 Å². The first-order valence-electron chi connectivity index (χ1n) is 2.39. The summed E-state index contributed by atoms with van der Waals surface area (Å²) in [5.74, 6) is -0.0382. The molecule has 0 bridgehead atoms. The first-order valence-corrected chi connectivity index (χ1v) is 2.39. The number of nitrogens with one attached hydrogen (secondary N) is 1. The maximum absolute atomic E-state index is 6.70. The molecule has 0 saturated heterocycles. The van der Waals surface area contributed by atoms with Crippen molar-refractivity contribution >= 4 is 11.9 Å². The van der Waals surface area contributed by atoms with Crippen LogP contribution in [0.2, 0.25) is 0 Å². The molecule has 0 aromatic heterocycles. The predicted molar refractivity (Wildman–Crippen MR) is 37.2 cm³/mol. The SMILES string of the molecule is CN(C)C(N)=NC(=N)N.[V]. The van der Waals surface area contributed by atoms with E-state index in [0.717, 1.165) is 0 Å². The van der Waals surface area contributed by atoms with Crippen LogP contribution in [0, 0.1) is 5.41 Å². The molecule has 5 N–H and O–H groups in total. The number of aliphatic imine (C=N–C) groups is 1. The Bertz CT molecular complexity index is 141. The van der Waals surface area contributed by atoms with Crippen LogP contribution in [-0.2, 0) is 18.6 Å². The van der Waals surface area contributed by atoms with Crippen LogP contribution in [0.15, 0.2) is 4.99 Å². The van der Waals surface area contributed by atoms with Crippen molar-refractivity contribution in [2.75, 3.05) is 14.1 Å². The number of nitrogens with two attached hydrogens (primary N) is 2. The van der Waals surface area contributed by atoms with Crippen molar-refractivity contribution in [3.8, 4) is 0 Å². The van der Waals surface area contributed by atoms with Gasteiger partial charge in [-0.05, 0) is 0 Å². The van der Waals surface area contributed by atoms with E-state index in [-0.39, 0.29) is 30.5 Å². The zero-order valence-electron chi connectivity index (χ0n) is 6.00. The molecule has 0 saturated carbocycles. The van der Waals surface area contributed by atoms with Gasteiger partial charge in [-0.1, -0.05) is 0 Å². The van der Waals surface area contributed by atoms with Crippen molar-refractivity contribution in [1.82, 2.24) is 4.90 Å². The fourth-order valence-corrected chi connectivity index (χ4v) is 0.223.